The smallest absolute Gasteiger partial charge is 0.200 e. The van der Waals surface area contributed by atoms with Crippen LogP contribution < -0.4 is 4.74 Å². The lowest BCUT2D eigenvalue weighted by Gasteiger charge is -2.54. The summed E-state index contributed by atoms with van der Waals surface area (Å²) in [5, 5.41) is 0. The van der Waals surface area contributed by atoms with Gasteiger partial charge in [-0.15, -0.1) is 0 Å². The topological polar surface area (TPSA) is 9.23 Å². The first-order chi connectivity index (χ1) is 11.1. The minimum Gasteiger partial charge on any atom is -0.494 e. The van der Waals surface area contributed by atoms with Crippen molar-refractivity contribution < 1.29 is 13.5 Å². The summed E-state index contributed by atoms with van der Waals surface area (Å²) in [7, 11) is 1.38. The Labute approximate surface area is 138 Å². The molecule has 0 aliphatic heterocycles. The van der Waals surface area contributed by atoms with Crippen LogP contribution in [-0.4, -0.2) is 7.11 Å². The van der Waals surface area contributed by atoms with Gasteiger partial charge >= 0.3 is 0 Å². The fourth-order valence-corrected chi connectivity index (χ4v) is 4.89. The molecule has 23 heavy (non-hydrogen) atoms. The molecule has 0 spiro atoms. The van der Waals surface area contributed by atoms with Gasteiger partial charge < -0.3 is 4.74 Å². The summed E-state index contributed by atoms with van der Waals surface area (Å²) < 4.78 is 33.6. The Morgan fingerprint density at radius 1 is 0.957 bits per heavy atom. The van der Waals surface area contributed by atoms with Gasteiger partial charge in [0.25, 0.3) is 0 Å². The molecule has 2 bridgehead atoms. The summed E-state index contributed by atoms with van der Waals surface area (Å²) in [6.45, 7) is 2.24. The van der Waals surface area contributed by atoms with Gasteiger partial charge in [-0.3, -0.25) is 0 Å². The van der Waals surface area contributed by atoms with Crippen molar-refractivity contribution in [3.8, 4) is 5.75 Å². The molecule has 0 saturated heterocycles. The Hall–Kier alpha value is -1.12. The number of ether oxygens (including phenoxy) is 1. The Kier molecular flexibility index (Phi) is 4.66. The molecule has 0 N–H and O–H groups in total. The fourth-order valence-electron chi connectivity index (χ4n) is 4.89. The second-order valence-electron chi connectivity index (χ2n) is 7.68. The van der Waals surface area contributed by atoms with E-state index in [-0.39, 0.29) is 11.2 Å². The maximum absolute atomic E-state index is 14.6. The Bertz CT molecular complexity index is 542. The lowest BCUT2D eigenvalue weighted by molar-refractivity contribution is 0.0285. The lowest BCUT2D eigenvalue weighted by atomic mass is 9.51. The predicted octanol–water partition coefficient (Wildman–Crippen LogP) is 6.15. The second kappa shape index (κ2) is 6.41. The first kappa shape index (κ1) is 16.7. The summed E-state index contributed by atoms with van der Waals surface area (Å²) in [4.78, 5) is 0. The van der Waals surface area contributed by atoms with Gasteiger partial charge in [0.1, 0.15) is 0 Å². The van der Waals surface area contributed by atoms with Crippen LogP contribution in [-0.2, 0) is 5.41 Å². The van der Waals surface area contributed by atoms with Crippen LogP contribution in [0.1, 0.15) is 76.7 Å². The van der Waals surface area contributed by atoms with Gasteiger partial charge in [-0.1, -0.05) is 32.3 Å². The summed E-state index contributed by atoms with van der Waals surface area (Å²) in [5.41, 5.74) is 0.917. The van der Waals surface area contributed by atoms with Gasteiger partial charge in [-0.05, 0) is 67.4 Å². The first-order valence-electron chi connectivity index (χ1n) is 9.08. The van der Waals surface area contributed by atoms with Crippen LogP contribution in [0.3, 0.4) is 0 Å². The quantitative estimate of drug-likeness (QED) is 0.571. The van der Waals surface area contributed by atoms with Crippen molar-refractivity contribution >= 4 is 0 Å². The molecule has 3 fully saturated rings. The highest BCUT2D eigenvalue weighted by Gasteiger charge is 2.50. The number of halogens is 2. The molecule has 0 heterocycles. The molecular formula is C20H28F2O. The molecule has 0 radical (unpaired) electrons. The fraction of sp³-hybridized carbons (Fsp3) is 0.700. The van der Waals surface area contributed by atoms with E-state index in [9.17, 15) is 8.78 Å². The zero-order chi connectivity index (χ0) is 16.5. The number of rotatable bonds is 6. The van der Waals surface area contributed by atoms with E-state index >= 15 is 0 Å². The number of hydrogen-bond acceptors (Lipinski definition) is 1. The molecule has 3 aliphatic rings. The van der Waals surface area contributed by atoms with E-state index in [2.05, 4.69) is 6.92 Å². The Balaban J connectivity index is 1.78. The van der Waals surface area contributed by atoms with Crippen molar-refractivity contribution in [2.24, 2.45) is 5.41 Å². The highest BCUT2D eigenvalue weighted by atomic mass is 19.2. The zero-order valence-corrected chi connectivity index (χ0v) is 14.4. The highest BCUT2D eigenvalue weighted by molar-refractivity contribution is 5.37. The first-order valence-corrected chi connectivity index (χ1v) is 9.08. The largest absolute Gasteiger partial charge is 0.494 e. The average Bonchev–Trinajstić information content (AvgIpc) is 2.59. The number of unbranched alkanes of at least 4 members (excludes halogenated alkanes) is 2. The van der Waals surface area contributed by atoms with Crippen LogP contribution in [0, 0.1) is 17.0 Å². The van der Waals surface area contributed by atoms with Crippen LogP contribution in [0.2, 0.25) is 0 Å². The number of benzene rings is 1. The standard InChI is InChI=1S/C20H28F2O/c1-3-4-5-8-19-9-12-20(13-10-19,14-11-19)15-6-7-16(23-2)18(22)17(15)21/h6-7H,3-5,8-14H2,1-2H3. The molecule has 0 atom stereocenters. The molecule has 3 saturated carbocycles. The summed E-state index contributed by atoms with van der Waals surface area (Å²) in [6, 6.07) is 3.34. The van der Waals surface area contributed by atoms with E-state index < -0.39 is 11.6 Å². The third-order valence-corrected chi connectivity index (χ3v) is 6.55. The maximum atomic E-state index is 14.6. The third kappa shape index (κ3) is 2.88. The molecule has 1 nitrogen and oxygen atoms in total. The van der Waals surface area contributed by atoms with Gasteiger partial charge in [-0.25, -0.2) is 4.39 Å². The van der Waals surface area contributed by atoms with E-state index in [4.69, 9.17) is 4.74 Å². The maximum Gasteiger partial charge on any atom is 0.200 e. The molecule has 0 aromatic heterocycles. The third-order valence-electron chi connectivity index (χ3n) is 6.55. The summed E-state index contributed by atoms with van der Waals surface area (Å²) in [6.07, 6.45) is 11.7. The van der Waals surface area contributed by atoms with Crippen molar-refractivity contribution in [3.63, 3.8) is 0 Å². The van der Waals surface area contributed by atoms with Crippen LogP contribution in [0.4, 0.5) is 8.78 Å². The van der Waals surface area contributed by atoms with Crippen LogP contribution >= 0.6 is 0 Å². The van der Waals surface area contributed by atoms with E-state index in [0.717, 1.165) is 19.3 Å². The average molecular weight is 322 g/mol. The minimum atomic E-state index is -0.829. The van der Waals surface area contributed by atoms with Crippen molar-refractivity contribution in [2.75, 3.05) is 7.11 Å². The molecule has 1 aromatic rings. The van der Waals surface area contributed by atoms with Crippen molar-refractivity contribution in [2.45, 2.75) is 76.5 Å². The van der Waals surface area contributed by atoms with Crippen molar-refractivity contribution in [1.29, 1.82) is 0 Å². The Morgan fingerprint density at radius 2 is 1.61 bits per heavy atom. The summed E-state index contributed by atoms with van der Waals surface area (Å²) in [5.74, 6) is -1.52. The lowest BCUT2D eigenvalue weighted by Crippen LogP contribution is -2.44. The highest BCUT2D eigenvalue weighted by Crippen LogP contribution is 2.60. The molecule has 3 aliphatic carbocycles. The second-order valence-corrected chi connectivity index (χ2v) is 7.68. The number of hydrogen-bond donors (Lipinski definition) is 0. The number of fused-ring (bicyclic) bond motifs is 3. The monoisotopic (exact) mass is 322 g/mol. The van der Waals surface area contributed by atoms with E-state index in [1.165, 1.54) is 52.1 Å². The molecular weight excluding hydrogens is 294 g/mol. The molecule has 4 rings (SSSR count). The van der Waals surface area contributed by atoms with E-state index in [1.807, 2.05) is 0 Å². The van der Waals surface area contributed by atoms with Crippen LogP contribution in [0.25, 0.3) is 0 Å². The van der Waals surface area contributed by atoms with E-state index in [0.29, 0.717) is 11.0 Å². The summed E-state index contributed by atoms with van der Waals surface area (Å²) >= 11 is 0. The molecule has 128 valence electrons. The van der Waals surface area contributed by atoms with Crippen molar-refractivity contribution in [1.82, 2.24) is 0 Å². The van der Waals surface area contributed by atoms with E-state index in [1.54, 1.807) is 12.1 Å². The zero-order valence-electron chi connectivity index (χ0n) is 14.4. The van der Waals surface area contributed by atoms with Crippen LogP contribution in [0.5, 0.6) is 5.75 Å². The predicted molar refractivity (Wildman–Crippen MR) is 88.9 cm³/mol. The van der Waals surface area contributed by atoms with Crippen LogP contribution in [0.15, 0.2) is 12.1 Å². The minimum absolute atomic E-state index is 0.00295. The SMILES string of the molecule is CCCCCC12CCC(c3ccc(OC)c(F)c3F)(CC1)CC2. The number of methoxy groups -OCH3 is 1. The normalized spacial score (nSPS) is 29.7. The van der Waals surface area contributed by atoms with Crippen molar-refractivity contribution in [3.05, 3.63) is 29.3 Å². The van der Waals surface area contributed by atoms with Gasteiger partial charge in [0.2, 0.25) is 5.82 Å². The van der Waals surface area contributed by atoms with Gasteiger partial charge in [0.15, 0.2) is 11.6 Å². The molecule has 3 heteroatoms. The molecule has 0 unspecified atom stereocenters. The Morgan fingerprint density at radius 3 is 2.17 bits per heavy atom. The van der Waals surface area contributed by atoms with Gasteiger partial charge in [0.05, 0.1) is 7.11 Å². The van der Waals surface area contributed by atoms with Gasteiger partial charge in [-0.2, -0.15) is 4.39 Å². The molecule has 0 amide bonds. The van der Waals surface area contributed by atoms with Gasteiger partial charge in [0, 0.05) is 0 Å². The molecule has 1 aromatic carbocycles.